The minimum Gasteiger partial charge on any atom is -0.481 e. The Hall–Kier alpha value is -1.32. The summed E-state index contributed by atoms with van der Waals surface area (Å²) in [6.45, 7) is 3.69. The van der Waals surface area contributed by atoms with Crippen LogP contribution in [0.4, 0.5) is 0 Å². The summed E-state index contributed by atoms with van der Waals surface area (Å²) in [6.07, 6.45) is 0.547. The van der Waals surface area contributed by atoms with Crippen LogP contribution >= 0.6 is 0 Å². The van der Waals surface area contributed by atoms with Crippen molar-refractivity contribution >= 4 is 5.97 Å². The smallest absolute Gasteiger partial charge is 0.303 e. The average molecular weight is 169 g/mol. The molecule has 0 amide bonds. The van der Waals surface area contributed by atoms with Gasteiger partial charge in [0.15, 0.2) is 0 Å². The molecule has 0 bridgehead atoms. The number of hydrogen-bond donors (Lipinski definition) is 1. The Morgan fingerprint density at radius 3 is 2.67 bits per heavy atom. The van der Waals surface area contributed by atoms with Crippen LogP contribution in [0, 0.1) is 13.8 Å². The molecule has 0 unspecified atom stereocenters. The number of carbonyl (C=O) groups is 1. The van der Waals surface area contributed by atoms with Crippen molar-refractivity contribution in [1.82, 2.24) is 5.16 Å². The van der Waals surface area contributed by atoms with Crippen LogP contribution in [0.3, 0.4) is 0 Å². The molecule has 1 N–H and O–H groups in total. The van der Waals surface area contributed by atoms with E-state index in [4.69, 9.17) is 9.63 Å². The van der Waals surface area contributed by atoms with Gasteiger partial charge in [0.2, 0.25) is 0 Å². The molecular formula is C8H11NO3. The zero-order chi connectivity index (χ0) is 9.14. The molecule has 12 heavy (non-hydrogen) atoms. The van der Waals surface area contributed by atoms with Crippen molar-refractivity contribution in [2.24, 2.45) is 0 Å². The SMILES string of the molecule is Cc1onc(CCC(=O)O)c1C. The summed E-state index contributed by atoms with van der Waals surface area (Å²) in [6, 6.07) is 0. The molecule has 0 saturated heterocycles. The first kappa shape index (κ1) is 8.77. The highest BCUT2D eigenvalue weighted by molar-refractivity contribution is 5.67. The maximum absolute atomic E-state index is 10.2. The standard InChI is InChI=1S/C8H11NO3/c1-5-6(2)12-9-7(5)3-4-8(10)11/h3-4H2,1-2H3,(H,10,11). The minimum atomic E-state index is -0.810. The first-order chi connectivity index (χ1) is 5.61. The third kappa shape index (κ3) is 1.84. The van der Waals surface area contributed by atoms with Gasteiger partial charge in [-0.1, -0.05) is 5.16 Å². The van der Waals surface area contributed by atoms with Crippen LogP contribution in [0.15, 0.2) is 4.52 Å². The Bertz CT molecular complexity index is 290. The first-order valence-corrected chi connectivity index (χ1v) is 3.75. The number of carboxylic acids is 1. The van der Waals surface area contributed by atoms with Crippen LogP contribution in [-0.2, 0) is 11.2 Å². The van der Waals surface area contributed by atoms with Gasteiger partial charge in [0.25, 0.3) is 0 Å². The number of aliphatic carboxylic acids is 1. The normalized spacial score (nSPS) is 10.2. The van der Waals surface area contributed by atoms with E-state index in [1.807, 2.05) is 13.8 Å². The Balaban J connectivity index is 2.63. The lowest BCUT2D eigenvalue weighted by Gasteiger charge is -1.92. The van der Waals surface area contributed by atoms with Gasteiger partial charge in [0.05, 0.1) is 12.1 Å². The summed E-state index contributed by atoms with van der Waals surface area (Å²) >= 11 is 0. The maximum atomic E-state index is 10.2. The third-order valence-corrected chi connectivity index (χ3v) is 1.83. The molecule has 0 aliphatic rings. The second kappa shape index (κ2) is 3.38. The van der Waals surface area contributed by atoms with Crippen LogP contribution in [0.5, 0.6) is 0 Å². The van der Waals surface area contributed by atoms with Crippen LogP contribution in [0.2, 0.25) is 0 Å². The summed E-state index contributed by atoms with van der Waals surface area (Å²) in [4.78, 5) is 10.2. The number of aryl methyl sites for hydroxylation is 2. The van der Waals surface area contributed by atoms with E-state index in [2.05, 4.69) is 5.16 Å². The van der Waals surface area contributed by atoms with Gasteiger partial charge in [-0.2, -0.15) is 0 Å². The molecule has 0 fully saturated rings. The lowest BCUT2D eigenvalue weighted by Crippen LogP contribution is -1.98. The molecular weight excluding hydrogens is 158 g/mol. The summed E-state index contributed by atoms with van der Waals surface area (Å²) in [5.74, 6) is -0.0505. The Morgan fingerprint density at radius 2 is 2.25 bits per heavy atom. The van der Waals surface area contributed by atoms with E-state index < -0.39 is 5.97 Å². The molecule has 4 nitrogen and oxygen atoms in total. The van der Waals surface area contributed by atoms with Crippen molar-refractivity contribution in [3.8, 4) is 0 Å². The van der Waals surface area contributed by atoms with Gasteiger partial charge in [-0.05, 0) is 13.8 Å². The van der Waals surface area contributed by atoms with Crippen molar-refractivity contribution in [1.29, 1.82) is 0 Å². The van der Waals surface area contributed by atoms with Crippen LogP contribution < -0.4 is 0 Å². The highest BCUT2D eigenvalue weighted by Gasteiger charge is 2.08. The first-order valence-electron chi connectivity index (χ1n) is 3.75. The predicted octanol–water partition coefficient (Wildman–Crippen LogP) is 1.31. The topological polar surface area (TPSA) is 63.3 Å². The predicted molar refractivity (Wildman–Crippen MR) is 41.9 cm³/mol. The van der Waals surface area contributed by atoms with E-state index in [-0.39, 0.29) is 6.42 Å². The molecule has 0 atom stereocenters. The van der Waals surface area contributed by atoms with E-state index >= 15 is 0 Å². The van der Waals surface area contributed by atoms with Gasteiger partial charge in [-0.3, -0.25) is 4.79 Å². The van der Waals surface area contributed by atoms with Gasteiger partial charge < -0.3 is 9.63 Å². The molecule has 4 heteroatoms. The molecule has 0 aliphatic carbocycles. The van der Waals surface area contributed by atoms with Gasteiger partial charge in [0, 0.05) is 12.0 Å². The Kier molecular flexibility index (Phi) is 2.47. The molecule has 0 saturated carbocycles. The van der Waals surface area contributed by atoms with Crippen LogP contribution in [0.25, 0.3) is 0 Å². The number of rotatable bonds is 3. The van der Waals surface area contributed by atoms with Crippen molar-refractivity contribution in [3.63, 3.8) is 0 Å². The largest absolute Gasteiger partial charge is 0.481 e. The molecule has 66 valence electrons. The van der Waals surface area contributed by atoms with Crippen molar-refractivity contribution in [3.05, 3.63) is 17.0 Å². The molecule has 1 heterocycles. The van der Waals surface area contributed by atoms with Crippen molar-refractivity contribution in [2.45, 2.75) is 26.7 Å². The molecule has 0 radical (unpaired) electrons. The maximum Gasteiger partial charge on any atom is 0.303 e. The Morgan fingerprint density at radius 1 is 1.58 bits per heavy atom. The second-order valence-electron chi connectivity index (χ2n) is 2.70. The van der Waals surface area contributed by atoms with Crippen molar-refractivity contribution < 1.29 is 14.4 Å². The van der Waals surface area contributed by atoms with E-state index in [1.165, 1.54) is 0 Å². The average Bonchev–Trinajstić information content (AvgIpc) is 2.30. The molecule has 1 aromatic rings. The van der Waals surface area contributed by atoms with Gasteiger partial charge in [-0.15, -0.1) is 0 Å². The lowest BCUT2D eigenvalue weighted by atomic mass is 10.1. The van der Waals surface area contributed by atoms with Crippen LogP contribution in [-0.4, -0.2) is 16.2 Å². The number of carboxylic acid groups (broad SMARTS) is 1. The van der Waals surface area contributed by atoms with Gasteiger partial charge >= 0.3 is 5.97 Å². The Labute approximate surface area is 70.2 Å². The summed E-state index contributed by atoms with van der Waals surface area (Å²) < 4.78 is 4.88. The summed E-state index contributed by atoms with van der Waals surface area (Å²) in [5, 5.41) is 12.2. The zero-order valence-electron chi connectivity index (χ0n) is 7.13. The minimum absolute atomic E-state index is 0.104. The third-order valence-electron chi connectivity index (χ3n) is 1.83. The quantitative estimate of drug-likeness (QED) is 0.740. The molecule has 0 aromatic carbocycles. The fourth-order valence-electron chi connectivity index (χ4n) is 0.922. The lowest BCUT2D eigenvalue weighted by molar-refractivity contribution is -0.136. The van der Waals surface area contributed by atoms with Gasteiger partial charge in [-0.25, -0.2) is 0 Å². The second-order valence-corrected chi connectivity index (χ2v) is 2.70. The highest BCUT2D eigenvalue weighted by Crippen LogP contribution is 2.12. The van der Waals surface area contributed by atoms with Crippen LogP contribution in [0.1, 0.15) is 23.4 Å². The monoisotopic (exact) mass is 169 g/mol. The number of nitrogens with zero attached hydrogens (tertiary/aromatic N) is 1. The number of hydrogen-bond acceptors (Lipinski definition) is 3. The molecule has 0 spiro atoms. The highest BCUT2D eigenvalue weighted by atomic mass is 16.5. The summed E-state index contributed by atoms with van der Waals surface area (Å²) in [5.41, 5.74) is 1.70. The molecule has 1 rings (SSSR count). The van der Waals surface area contributed by atoms with E-state index in [9.17, 15) is 4.79 Å². The summed E-state index contributed by atoms with van der Waals surface area (Å²) in [7, 11) is 0. The fraction of sp³-hybridized carbons (Fsp3) is 0.500. The molecule has 0 aliphatic heterocycles. The zero-order valence-corrected chi connectivity index (χ0v) is 7.13. The van der Waals surface area contributed by atoms with E-state index in [0.717, 1.165) is 17.0 Å². The van der Waals surface area contributed by atoms with Crippen molar-refractivity contribution in [2.75, 3.05) is 0 Å². The number of aromatic nitrogens is 1. The van der Waals surface area contributed by atoms with Gasteiger partial charge in [0.1, 0.15) is 5.76 Å². The van der Waals surface area contributed by atoms with E-state index in [1.54, 1.807) is 0 Å². The van der Waals surface area contributed by atoms with E-state index in [0.29, 0.717) is 6.42 Å². The molecule has 1 aromatic heterocycles. The fourth-order valence-corrected chi connectivity index (χ4v) is 0.922.